The van der Waals surface area contributed by atoms with Gasteiger partial charge in [0.2, 0.25) is 0 Å². The largest absolute Gasteiger partial charge is 0.289 e. The van der Waals surface area contributed by atoms with Crippen molar-refractivity contribution in [2.24, 2.45) is 0 Å². The normalized spacial score (nSPS) is 13.6. The summed E-state index contributed by atoms with van der Waals surface area (Å²) in [6, 6.07) is 20.0. The lowest BCUT2D eigenvalue weighted by molar-refractivity contribution is 0.103. The molecule has 0 atom stereocenters. The number of aryl methyl sites for hydroxylation is 1. The van der Waals surface area contributed by atoms with Crippen molar-refractivity contribution in [3.63, 3.8) is 0 Å². The number of ketones is 2. The average Bonchev–Trinajstić information content (AvgIpc) is 3.18. The molecule has 0 aromatic heterocycles. The van der Waals surface area contributed by atoms with E-state index in [1.54, 1.807) is 42.5 Å². The Bertz CT molecular complexity index is 1410. The molecular formula is C25H12N2O2. The lowest BCUT2D eigenvalue weighted by Crippen LogP contribution is -2.01. The van der Waals surface area contributed by atoms with E-state index < -0.39 is 0 Å². The maximum Gasteiger partial charge on any atom is 0.195 e. The standard InChI is InChI=1S/C25H12N2O2/c1-13-2-5-18-19(8-13)25(29)23(22(18)12-27)15-4-7-17-16-6-3-14(11-26)9-20(16)24(28)21(17)10-15/h2-10H,1H3. The van der Waals surface area contributed by atoms with Gasteiger partial charge in [0.05, 0.1) is 17.2 Å². The van der Waals surface area contributed by atoms with Gasteiger partial charge in [0.15, 0.2) is 11.6 Å². The molecule has 0 unspecified atom stereocenters. The Balaban J connectivity index is 1.68. The lowest BCUT2D eigenvalue weighted by Gasteiger charge is -2.06. The fourth-order valence-corrected chi connectivity index (χ4v) is 4.14. The van der Waals surface area contributed by atoms with Gasteiger partial charge in [-0.05, 0) is 47.9 Å². The minimum Gasteiger partial charge on any atom is -0.289 e. The summed E-state index contributed by atoms with van der Waals surface area (Å²) in [5.41, 5.74) is 6.27. The van der Waals surface area contributed by atoms with E-state index in [-0.39, 0.29) is 11.6 Å². The highest BCUT2D eigenvalue weighted by Gasteiger charge is 2.33. The fraction of sp³-hybridized carbons (Fsp3) is 0.0400. The number of nitrogens with zero attached hydrogens (tertiary/aromatic N) is 2. The van der Waals surface area contributed by atoms with Crippen molar-refractivity contribution in [1.82, 2.24) is 0 Å². The van der Waals surface area contributed by atoms with Gasteiger partial charge in [0.1, 0.15) is 6.07 Å². The van der Waals surface area contributed by atoms with Crippen LogP contribution in [0.5, 0.6) is 0 Å². The molecule has 0 bridgehead atoms. The van der Waals surface area contributed by atoms with Crippen LogP contribution in [0.4, 0.5) is 0 Å². The third-order valence-corrected chi connectivity index (χ3v) is 5.51. The summed E-state index contributed by atoms with van der Waals surface area (Å²) in [6.45, 7) is 1.90. The summed E-state index contributed by atoms with van der Waals surface area (Å²) >= 11 is 0. The first-order valence-electron chi connectivity index (χ1n) is 9.07. The second-order valence-electron chi connectivity index (χ2n) is 7.20. The van der Waals surface area contributed by atoms with Crippen molar-refractivity contribution in [3.8, 4) is 23.3 Å². The molecule has 2 aliphatic rings. The van der Waals surface area contributed by atoms with Gasteiger partial charge in [-0.15, -0.1) is 0 Å². The molecule has 4 nitrogen and oxygen atoms in total. The van der Waals surface area contributed by atoms with E-state index in [4.69, 9.17) is 5.26 Å². The third-order valence-electron chi connectivity index (χ3n) is 5.51. The van der Waals surface area contributed by atoms with Gasteiger partial charge in [0, 0.05) is 27.8 Å². The maximum atomic E-state index is 13.1. The van der Waals surface area contributed by atoms with Crippen LogP contribution in [0, 0.1) is 29.6 Å². The van der Waals surface area contributed by atoms with Gasteiger partial charge in [-0.1, -0.05) is 35.9 Å². The minimum absolute atomic E-state index is 0.174. The molecule has 2 aliphatic carbocycles. The van der Waals surface area contributed by atoms with Gasteiger partial charge in [-0.25, -0.2) is 0 Å². The van der Waals surface area contributed by atoms with Crippen molar-refractivity contribution in [2.75, 3.05) is 0 Å². The Labute approximate surface area is 167 Å². The van der Waals surface area contributed by atoms with Crippen LogP contribution >= 0.6 is 0 Å². The first kappa shape index (κ1) is 16.9. The first-order chi connectivity index (χ1) is 14.0. The summed E-state index contributed by atoms with van der Waals surface area (Å²) in [4.78, 5) is 26.0. The molecule has 0 aliphatic heterocycles. The zero-order valence-corrected chi connectivity index (χ0v) is 15.4. The van der Waals surface area contributed by atoms with E-state index in [0.717, 1.165) is 16.7 Å². The molecule has 3 aromatic rings. The van der Waals surface area contributed by atoms with Crippen molar-refractivity contribution < 1.29 is 9.59 Å². The Morgan fingerprint density at radius 1 is 0.655 bits per heavy atom. The van der Waals surface area contributed by atoms with Crippen LogP contribution < -0.4 is 0 Å². The highest BCUT2D eigenvalue weighted by atomic mass is 16.1. The Morgan fingerprint density at radius 2 is 1.31 bits per heavy atom. The second kappa shape index (κ2) is 5.86. The number of carbonyl (C=O) groups excluding carboxylic acids is 2. The SMILES string of the molecule is Cc1ccc2c(c1)C(=O)C(c1ccc3c(c1)C(=O)c1cc(C#N)ccc1-3)=C2C#N. The maximum absolute atomic E-state index is 13.1. The predicted molar refractivity (Wildman–Crippen MR) is 108 cm³/mol. The van der Waals surface area contributed by atoms with E-state index in [1.165, 1.54) is 0 Å². The molecule has 29 heavy (non-hydrogen) atoms. The zero-order valence-electron chi connectivity index (χ0n) is 15.4. The molecule has 0 radical (unpaired) electrons. The monoisotopic (exact) mass is 372 g/mol. The molecule has 134 valence electrons. The summed E-state index contributed by atoms with van der Waals surface area (Å²) in [5.74, 6) is -0.373. The van der Waals surface area contributed by atoms with Gasteiger partial charge in [-0.3, -0.25) is 9.59 Å². The molecule has 0 heterocycles. The Kier molecular flexibility index (Phi) is 3.41. The average molecular weight is 372 g/mol. The first-order valence-corrected chi connectivity index (χ1v) is 9.07. The van der Waals surface area contributed by atoms with E-state index in [1.807, 2.05) is 19.1 Å². The molecular weight excluding hydrogens is 360 g/mol. The minimum atomic E-state index is -0.199. The molecule has 3 aromatic carbocycles. The molecule has 0 saturated heterocycles. The number of rotatable bonds is 1. The van der Waals surface area contributed by atoms with E-state index in [2.05, 4.69) is 12.1 Å². The van der Waals surface area contributed by atoms with Crippen molar-refractivity contribution in [2.45, 2.75) is 6.92 Å². The fourth-order valence-electron chi connectivity index (χ4n) is 4.14. The number of nitriles is 2. The van der Waals surface area contributed by atoms with Crippen molar-refractivity contribution in [3.05, 3.63) is 93.5 Å². The van der Waals surface area contributed by atoms with Crippen LogP contribution in [0.15, 0.2) is 54.6 Å². The summed E-state index contributed by atoms with van der Waals surface area (Å²) in [7, 11) is 0. The summed E-state index contributed by atoms with van der Waals surface area (Å²) in [5, 5.41) is 18.8. The Morgan fingerprint density at radius 3 is 2.03 bits per heavy atom. The van der Waals surface area contributed by atoms with Crippen molar-refractivity contribution >= 4 is 22.7 Å². The number of Topliss-reactive ketones (excluding diaryl/α,β-unsaturated/α-hetero) is 1. The van der Waals surface area contributed by atoms with E-state index in [9.17, 15) is 14.9 Å². The van der Waals surface area contributed by atoms with Crippen molar-refractivity contribution in [1.29, 1.82) is 10.5 Å². The van der Waals surface area contributed by atoms with Crippen LogP contribution in [0.2, 0.25) is 0 Å². The molecule has 5 rings (SSSR count). The van der Waals surface area contributed by atoms with Gasteiger partial charge in [-0.2, -0.15) is 10.5 Å². The third kappa shape index (κ3) is 2.24. The van der Waals surface area contributed by atoms with E-state index in [0.29, 0.717) is 44.5 Å². The summed E-state index contributed by atoms with van der Waals surface area (Å²) < 4.78 is 0. The van der Waals surface area contributed by atoms with Crippen LogP contribution in [0.3, 0.4) is 0 Å². The highest BCUT2D eigenvalue weighted by molar-refractivity contribution is 6.41. The molecule has 0 spiro atoms. The lowest BCUT2D eigenvalue weighted by atomic mass is 9.95. The smallest absolute Gasteiger partial charge is 0.195 e. The number of hydrogen-bond donors (Lipinski definition) is 0. The van der Waals surface area contributed by atoms with Crippen LogP contribution in [0.25, 0.3) is 22.3 Å². The Hall–Kier alpha value is -4.28. The zero-order chi connectivity index (χ0) is 20.3. The molecule has 0 fully saturated rings. The van der Waals surface area contributed by atoms with Crippen LogP contribution in [0.1, 0.15) is 48.5 Å². The van der Waals surface area contributed by atoms with Gasteiger partial charge in [0.25, 0.3) is 0 Å². The van der Waals surface area contributed by atoms with Gasteiger partial charge < -0.3 is 0 Å². The molecule has 4 heteroatoms. The predicted octanol–water partition coefficient (Wildman–Crippen LogP) is 4.71. The number of hydrogen-bond acceptors (Lipinski definition) is 4. The number of fused-ring (bicyclic) bond motifs is 4. The molecule has 0 N–H and O–H groups in total. The number of carbonyl (C=O) groups is 2. The molecule has 0 amide bonds. The second-order valence-corrected chi connectivity index (χ2v) is 7.20. The topological polar surface area (TPSA) is 81.7 Å². The van der Waals surface area contributed by atoms with Crippen LogP contribution in [-0.4, -0.2) is 11.6 Å². The number of allylic oxidation sites excluding steroid dienone is 2. The highest BCUT2D eigenvalue weighted by Crippen LogP contribution is 2.42. The van der Waals surface area contributed by atoms with Crippen LogP contribution in [-0.2, 0) is 0 Å². The van der Waals surface area contributed by atoms with E-state index >= 15 is 0 Å². The number of benzene rings is 3. The quantitative estimate of drug-likeness (QED) is 0.484. The summed E-state index contributed by atoms with van der Waals surface area (Å²) in [6.07, 6.45) is 0. The molecule has 0 saturated carbocycles. The van der Waals surface area contributed by atoms with Gasteiger partial charge >= 0.3 is 0 Å².